The summed E-state index contributed by atoms with van der Waals surface area (Å²) < 4.78 is 29.4. The zero-order chi connectivity index (χ0) is 25.1. The first-order valence-corrected chi connectivity index (χ1v) is 13.3. The molecule has 5 rings (SSSR count). The van der Waals surface area contributed by atoms with E-state index in [2.05, 4.69) is 19.1 Å². The smallest absolute Gasteiger partial charge is 0.238 e. The highest BCUT2D eigenvalue weighted by Crippen LogP contribution is 2.38. The molecule has 4 aromatic carbocycles. The summed E-state index contributed by atoms with van der Waals surface area (Å²) in [5, 5.41) is 12.2. The van der Waals surface area contributed by atoms with Crippen LogP contribution in [0.15, 0.2) is 113 Å². The number of benzene rings is 4. The van der Waals surface area contributed by atoms with Crippen LogP contribution in [0, 0.1) is 6.92 Å². The molecule has 182 valence electrons. The number of ether oxygens (including phenoxy) is 1. The van der Waals surface area contributed by atoms with Gasteiger partial charge < -0.3 is 4.74 Å². The lowest BCUT2D eigenvalue weighted by molar-refractivity contribution is 0.306. The van der Waals surface area contributed by atoms with Crippen molar-refractivity contribution in [2.75, 3.05) is 5.01 Å². The number of sulfonamides is 1. The second-order valence-corrected chi connectivity index (χ2v) is 10.4. The Bertz CT molecular complexity index is 1480. The second-order valence-electron chi connectivity index (χ2n) is 8.81. The third kappa shape index (κ3) is 5.17. The maximum absolute atomic E-state index is 11.7. The molecule has 0 saturated heterocycles. The van der Waals surface area contributed by atoms with Crippen LogP contribution in [-0.2, 0) is 16.6 Å². The van der Waals surface area contributed by atoms with Crippen LogP contribution in [-0.4, -0.2) is 14.1 Å². The van der Waals surface area contributed by atoms with Crippen LogP contribution in [0.1, 0.15) is 34.7 Å². The van der Waals surface area contributed by atoms with Crippen molar-refractivity contribution < 1.29 is 13.2 Å². The van der Waals surface area contributed by atoms with E-state index in [4.69, 9.17) is 15.0 Å². The lowest BCUT2D eigenvalue weighted by Crippen LogP contribution is -2.19. The van der Waals surface area contributed by atoms with Crippen LogP contribution < -0.4 is 14.9 Å². The van der Waals surface area contributed by atoms with E-state index in [-0.39, 0.29) is 10.9 Å². The topological polar surface area (TPSA) is 85.0 Å². The largest absolute Gasteiger partial charge is 0.489 e. The molecule has 0 radical (unpaired) electrons. The fourth-order valence-corrected chi connectivity index (χ4v) is 4.91. The van der Waals surface area contributed by atoms with Gasteiger partial charge in [0.1, 0.15) is 12.4 Å². The van der Waals surface area contributed by atoms with Crippen molar-refractivity contribution in [1.29, 1.82) is 0 Å². The number of rotatable bonds is 7. The van der Waals surface area contributed by atoms with Crippen molar-refractivity contribution in [2.24, 2.45) is 10.2 Å². The summed E-state index contributed by atoms with van der Waals surface area (Å²) in [5.74, 6) is 0.798. The Hall–Kier alpha value is -3.94. The molecule has 6 nitrogen and oxygen atoms in total. The normalized spacial score (nSPS) is 15.6. The van der Waals surface area contributed by atoms with Crippen molar-refractivity contribution in [2.45, 2.75) is 30.9 Å². The molecule has 0 aromatic heterocycles. The number of hydrogen-bond acceptors (Lipinski definition) is 5. The third-order valence-electron chi connectivity index (χ3n) is 6.32. The zero-order valence-electron chi connectivity index (χ0n) is 19.9. The van der Waals surface area contributed by atoms with Crippen molar-refractivity contribution >= 4 is 21.4 Å². The van der Waals surface area contributed by atoms with Gasteiger partial charge in [0, 0.05) is 6.42 Å². The van der Waals surface area contributed by atoms with E-state index in [1.165, 1.54) is 23.3 Å². The Labute approximate surface area is 211 Å². The average molecular weight is 498 g/mol. The lowest BCUT2D eigenvalue weighted by atomic mass is 9.95. The highest BCUT2D eigenvalue weighted by Gasteiger charge is 2.31. The van der Waals surface area contributed by atoms with Gasteiger partial charge in [0.05, 0.1) is 22.3 Å². The summed E-state index contributed by atoms with van der Waals surface area (Å²) in [5.41, 5.74) is 6.24. The van der Waals surface area contributed by atoms with E-state index in [0.29, 0.717) is 13.0 Å². The zero-order valence-corrected chi connectivity index (χ0v) is 20.7. The molecular formula is C29H27N3O3S. The van der Waals surface area contributed by atoms with Gasteiger partial charge in [-0.3, -0.25) is 5.01 Å². The molecule has 1 unspecified atom stereocenters. The number of anilines is 1. The van der Waals surface area contributed by atoms with Gasteiger partial charge in [0.2, 0.25) is 10.0 Å². The lowest BCUT2D eigenvalue weighted by Gasteiger charge is -2.25. The summed E-state index contributed by atoms with van der Waals surface area (Å²) in [6.07, 6.45) is 0.714. The monoisotopic (exact) mass is 497 g/mol. The number of nitrogens with two attached hydrogens (primary N) is 1. The van der Waals surface area contributed by atoms with Crippen molar-refractivity contribution in [3.8, 4) is 5.75 Å². The third-order valence-corrected chi connectivity index (χ3v) is 7.25. The SMILES string of the molecule is Cc1ccccc1C1CC(c2ccc(OCc3ccccc3)cc2)=NN1c1ccc(S(N)(=O)=O)cc1. The van der Waals surface area contributed by atoms with E-state index >= 15 is 0 Å². The summed E-state index contributed by atoms with van der Waals surface area (Å²) in [6.45, 7) is 2.60. The van der Waals surface area contributed by atoms with Gasteiger partial charge >= 0.3 is 0 Å². The van der Waals surface area contributed by atoms with Gasteiger partial charge in [-0.2, -0.15) is 5.10 Å². The summed E-state index contributed by atoms with van der Waals surface area (Å²) in [6, 6.07) is 32.8. The maximum atomic E-state index is 11.7. The number of primary sulfonamides is 1. The van der Waals surface area contributed by atoms with Gasteiger partial charge in [-0.1, -0.05) is 54.6 Å². The van der Waals surface area contributed by atoms with Crippen molar-refractivity contribution in [3.05, 3.63) is 125 Å². The standard InChI is InChI=1S/C29H27N3O3S/c1-21-7-5-6-10-27(21)29-19-28(31-32(29)24-13-17-26(18-14-24)36(30,33)34)23-11-15-25(16-12-23)35-20-22-8-3-2-4-9-22/h2-18,29H,19-20H2,1H3,(H2,30,33,34). The summed E-state index contributed by atoms with van der Waals surface area (Å²) in [4.78, 5) is 0.0770. The van der Waals surface area contributed by atoms with Crippen LogP contribution in [0.25, 0.3) is 0 Å². The quantitative estimate of drug-likeness (QED) is 0.361. The van der Waals surface area contributed by atoms with E-state index in [1.807, 2.05) is 71.7 Å². The molecule has 0 saturated carbocycles. The highest BCUT2D eigenvalue weighted by molar-refractivity contribution is 7.89. The molecule has 2 N–H and O–H groups in total. The van der Waals surface area contributed by atoms with Gasteiger partial charge in [0.15, 0.2) is 0 Å². The van der Waals surface area contributed by atoms with Crippen LogP contribution in [0.4, 0.5) is 5.69 Å². The molecule has 0 amide bonds. The fraction of sp³-hybridized carbons (Fsp3) is 0.138. The Balaban J connectivity index is 1.42. The Kier molecular flexibility index (Phi) is 6.59. The molecule has 36 heavy (non-hydrogen) atoms. The van der Waals surface area contributed by atoms with E-state index in [1.54, 1.807) is 12.1 Å². The minimum absolute atomic E-state index is 0.0180. The molecular weight excluding hydrogens is 470 g/mol. The number of aryl methyl sites for hydroxylation is 1. The predicted molar refractivity (Wildman–Crippen MR) is 143 cm³/mol. The number of hydrazone groups is 1. The van der Waals surface area contributed by atoms with E-state index in [9.17, 15) is 8.42 Å². The molecule has 0 aliphatic carbocycles. The Morgan fingerprint density at radius 1 is 0.889 bits per heavy atom. The van der Waals surface area contributed by atoms with Crippen molar-refractivity contribution in [3.63, 3.8) is 0 Å². The average Bonchev–Trinajstić information content (AvgIpc) is 3.33. The first-order chi connectivity index (χ1) is 17.4. The molecule has 1 aliphatic rings. The highest BCUT2D eigenvalue weighted by atomic mass is 32.2. The van der Waals surface area contributed by atoms with Gasteiger partial charge in [-0.15, -0.1) is 0 Å². The Morgan fingerprint density at radius 3 is 2.22 bits per heavy atom. The number of nitrogens with zero attached hydrogens (tertiary/aromatic N) is 2. The molecule has 0 bridgehead atoms. The molecule has 4 aromatic rings. The molecule has 0 fully saturated rings. The first kappa shape index (κ1) is 23.8. The Morgan fingerprint density at radius 2 is 1.56 bits per heavy atom. The fourth-order valence-electron chi connectivity index (χ4n) is 4.40. The summed E-state index contributed by atoms with van der Waals surface area (Å²) in [7, 11) is -3.76. The molecule has 1 heterocycles. The molecule has 1 aliphatic heterocycles. The summed E-state index contributed by atoms with van der Waals surface area (Å²) >= 11 is 0. The molecule has 7 heteroatoms. The molecule has 0 spiro atoms. The van der Waals surface area contributed by atoms with Crippen LogP contribution in [0.2, 0.25) is 0 Å². The second kappa shape index (κ2) is 9.97. The van der Waals surface area contributed by atoms with Gasteiger partial charge in [-0.05, 0) is 77.7 Å². The van der Waals surface area contributed by atoms with Crippen molar-refractivity contribution in [1.82, 2.24) is 0 Å². The van der Waals surface area contributed by atoms with E-state index in [0.717, 1.165) is 28.3 Å². The number of hydrogen-bond donors (Lipinski definition) is 1. The van der Waals surface area contributed by atoms with Gasteiger partial charge in [-0.25, -0.2) is 13.6 Å². The minimum Gasteiger partial charge on any atom is -0.489 e. The van der Waals surface area contributed by atoms with Gasteiger partial charge in [0.25, 0.3) is 0 Å². The predicted octanol–water partition coefficient (Wildman–Crippen LogP) is 5.58. The first-order valence-electron chi connectivity index (χ1n) is 11.7. The van der Waals surface area contributed by atoms with Crippen LogP contribution >= 0.6 is 0 Å². The van der Waals surface area contributed by atoms with Crippen LogP contribution in [0.5, 0.6) is 5.75 Å². The maximum Gasteiger partial charge on any atom is 0.238 e. The van der Waals surface area contributed by atoms with Crippen LogP contribution in [0.3, 0.4) is 0 Å². The van der Waals surface area contributed by atoms with E-state index < -0.39 is 10.0 Å². The molecule has 1 atom stereocenters. The minimum atomic E-state index is -3.76.